The summed E-state index contributed by atoms with van der Waals surface area (Å²) in [6.45, 7) is 1.95. The summed E-state index contributed by atoms with van der Waals surface area (Å²) in [5, 5.41) is 0. The Balaban J connectivity index is 2.74. The summed E-state index contributed by atoms with van der Waals surface area (Å²) in [5.41, 5.74) is 4.62. The maximum absolute atomic E-state index is 7.61. The van der Waals surface area contributed by atoms with E-state index in [2.05, 4.69) is 0 Å². The molecule has 2 aromatic rings. The molecule has 0 unspecified atom stereocenters. The molecule has 0 aliphatic carbocycles. The number of aryl methyl sites for hydroxylation is 3. The Morgan fingerprint density at radius 1 is 1.00 bits per heavy atom. The van der Waals surface area contributed by atoms with Crippen molar-refractivity contribution in [2.75, 3.05) is 0 Å². The van der Waals surface area contributed by atoms with Crippen LogP contribution < -0.4 is 4.57 Å². The molecule has 0 spiro atoms. The van der Waals surface area contributed by atoms with Crippen LogP contribution >= 0.6 is 0 Å². The fourth-order valence-electron chi connectivity index (χ4n) is 2.01. The third-order valence-electron chi connectivity index (χ3n) is 2.96. The van der Waals surface area contributed by atoms with Crippen LogP contribution in [0.2, 0.25) is 0 Å². The zero-order valence-corrected chi connectivity index (χ0v) is 9.91. The van der Waals surface area contributed by atoms with Crippen LogP contribution in [-0.4, -0.2) is 0 Å². The molecule has 0 aliphatic heterocycles. The quantitative estimate of drug-likeness (QED) is 0.644. The molecule has 0 N–H and O–H groups in total. The van der Waals surface area contributed by atoms with Crippen LogP contribution in [0.1, 0.15) is 20.9 Å². The van der Waals surface area contributed by atoms with Crippen LogP contribution in [0.4, 0.5) is 0 Å². The van der Waals surface area contributed by atoms with Gasteiger partial charge < -0.3 is 0 Å². The summed E-state index contributed by atoms with van der Waals surface area (Å²) in [7, 11) is 1.82. The molecule has 0 bridgehead atoms. The normalized spacial score (nSPS) is 14.1. The molecule has 0 fully saturated rings. The van der Waals surface area contributed by atoms with Gasteiger partial charge in [0.05, 0.1) is 0 Å². The number of nitrogens with zero attached hydrogens (tertiary/aromatic N) is 1. The Labute approximate surface area is 102 Å². The minimum Gasteiger partial charge on any atom is -0.198 e. The van der Waals surface area contributed by atoms with Crippen molar-refractivity contribution in [2.24, 2.45) is 7.05 Å². The lowest BCUT2D eigenvalue weighted by molar-refractivity contribution is -0.667. The van der Waals surface area contributed by atoms with E-state index in [9.17, 15) is 0 Å². The van der Waals surface area contributed by atoms with Crippen molar-refractivity contribution < 1.29 is 8.68 Å². The molecule has 0 amide bonds. The number of hydrogen-bond acceptors (Lipinski definition) is 0. The van der Waals surface area contributed by atoms with Crippen molar-refractivity contribution in [3.05, 3.63) is 53.2 Å². The van der Waals surface area contributed by atoms with Crippen molar-refractivity contribution in [2.45, 2.75) is 20.7 Å². The molecular formula is C15H18N+. The van der Waals surface area contributed by atoms with E-state index in [4.69, 9.17) is 4.11 Å². The molecule has 2 rings (SSSR count). The van der Waals surface area contributed by atoms with Crippen molar-refractivity contribution in [1.29, 1.82) is 0 Å². The smallest absolute Gasteiger partial charge is 0.198 e. The Morgan fingerprint density at radius 3 is 2.44 bits per heavy atom. The van der Waals surface area contributed by atoms with Gasteiger partial charge in [-0.15, -0.1) is 0 Å². The second-order valence-corrected chi connectivity index (χ2v) is 4.12. The molecule has 0 saturated heterocycles. The van der Waals surface area contributed by atoms with Gasteiger partial charge in [-0.2, -0.15) is 4.57 Å². The molecule has 1 aromatic heterocycles. The van der Waals surface area contributed by atoms with Gasteiger partial charge in [0.25, 0.3) is 0 Å². The number of hydrogen-bond donors (Lipinski definition) is 0. The first-order valence-corrected chi connectivity index (χ1v) is 5.38. The highest BCUT2D eigenvalue weighted by Crippen LogP contribution is 2.23. The van der Waals surface area contributed by atoms with E-state index in [1.165, 1.54) is 0 Å². The largest absolute Gasteiger partial charge is 0.215 e. The third-order valence-corrected chi connectivity index (χ3v) is 2.96. The van der Waals surface area contributed by atoms with Crippen molar-refractivity contribution in [1.82, 2.24) is 0 Å². The third kappa shape index (κ3) is 1.73. The molecule has 82 valence electrons. The molecule has 0 atom stereocenters. The monoisotopic (exact) mass is 215 g/mol. The van der Waals surface area contributed by atoms with Crippen LogP contribution in [0, 0.1) is 20.7 Å². The van der Waals surface area contributed by atoms with Crippen LogP contribution in [0.25, 0.3) is 11.3 Å². The summed E-state index contributed by atoms with van der Waals surface area (Å²) >= 11 is 0. The standard InChI is InChI=1S/C15H18N/c1-11-7-5-6-8-14(11)15-12(2)9-10-13(3)16(15)4/h5-10H,1-4H3/q+1/i3D3. The SMILES string of the molecule is [2H]C([2H])([2H])c1ccc(C)c(-c2ccccc2C)[n+]1C. The second-order valence-electron chi connectivity index (χ2n) is 4.12. The van der Waals surface area contributed by atoms with E-state index in [1.54, 1.807) is 10.6 Å². The number of benzene rings is 1. The maximum Gasteiger partial charge on any atom is 0.215 e. The lowest BCUT2D eigenvalue weighted by atomic mass is 10.0. The molecule has 0 saturated carbocycles. The molecule has 1 nitrogen and oxygen atoms in total. The van der Waals surface area contributed by atoms with Crippen LogP contribution in [0.15, 0.2) is 36.4 Å². The van der Waals surface area contributed by atoms with E-state index in [-0.39, 0.29) is 0 Å². The first-order valence-electron chi connectivity index (χ1n) is 6.88. The average molecular weight is 215 g/mol. The van der Waals surface area contributed by atoms with Gasteiger partial charge in [0.15, 0.2) is 5.69 Å². The summed E-state index contributed by atoms with van der Waals surface area (Å²) in [6.07, 6.45) is 0. The first-order chi connectivity index (χ1) is 8.82. The second kappa shape index (κ2) is 4.09. The lowest BCUT2D eigenvalue weighted by Crippen LogP contribution is -2.35. The van der Waals surface area contributed by atoms with Gasteiger partial charge >= 0.3 is 0 Å². The van der Waals surface area contributed by atoms with Crippen LogP contribution in [0.3, 0.4) is 0 Å². The molecule has 0 aliphatic rings. The molecule has 16 heavy (non-hydrogen) atoms. The van der Waals surface area contributed by atoms with Crippen molar-refractivity contribution in [3.8, 4) is 11.3 Å². The van der Waals surface area contributed by atoms with Crippen LogP contribution in [-0.2, 0) is 7.05 Å². The first kappa shape index (κ1) is 7.61. The highest BCUT2D eigenvalue weighted by molar-refractivity contribution is 5.63. The van der Waals surface area contributed by atoms with E-state index in [1.807, 2.05) is 51.2 Å². The van der Waals surface area contributed by atoms with Gasteiger partial charge in [0.2, 0.25) is 5.69 Å². The minimum atomic E-state index is -2.10. The lowest BCUT2D eigenvalue weighted by Gasteiger charge is -2.08. The average Bonchev–Trinajstić information content (AvgIpc) is 2.29. The molecule has 1 aromatic carbocycles. The van der Waals surface area contributed by atoms with E-state index in [0.717, 1.165) is 22.4 Å². The Hall–Kier alpha value is -1.63. The van der Waals surface area contributed by atoms with Gasteiger partial charge in [-0.25, -0.2) is 0 Å². The van der Waals surface area contributed by atoms with E-state index in [0.29, 0.717) is 5.69 Å². The van der Waals surface area contributed by atoms with E-state index < -0.39 is 6.85 Å². The van der Waals surface area contributed by atoms with Crippen LogP contribution in [0.5, 0.6) is 0 Å². The molecule has 0 radical (unpaired) electrons. The number of pyridine rings is 1. The minimum absolute atomic E-state index is 0.358. The van der Waals surface area contributed by atoms with Gasteiger partial charge in [-0.3, -0.25) is 0 Å². The highest BCUT2D eigenvalue weighted by atomic mass is 14.9. The Bertz CT molecular complexity index is 615. The summed E-state index contributed by atoms with van der Waals surface area (Å²) in [4.78, 5) is 0. The van der Waals surface area contributed by atoms with Gasteiger partial charge in [0, 0.05) is 28.2 Å². The Morgan fingerprint density at radius 2 is 1.75 bits per heavy atom. The summed E-state index contributed by atoms with van der Waals surface area (Å²) < 4.78 is 24.6. The Kier molecular flexibility index (Phi) is 1.95. The fourth-order valence-corrected chi connectivity index (χ4v) is 2.01. The van der Waals surface area contributed by atoms with Gasteiger partial charge in [0.1, 0.15) is 7.05 Å². The summed E-state index contributed by atoms with van der Waals surface area (Å²) in [5.74, 6) is 0. The zero-order valence-electron chi connectivity index (χ0n) is 12.9. The van der Waals surface area contributed by atoms with Gasteiger partial charge in [-0.05, 0) is 31.5 Å². The van der Waals surface area contributed by atoms with Crippen molar-refractivity contribution in [3.63, 3.8) is 0 Å². The molecular weight excluding hydrogens is 194 g/mol. The predicted molar refractivity (Wildman–Crippen MR) is 67.3 cm³/mol. The summed E-state index contributed by atoms with van der Waals surface area (Å²) in [6, 6.07) is 11.6. The molecule has 1 heteroatoms. The van der Waals surface area contributed by atoms with Crippen molar-refractivity contribution >= 4 is 0 Å². The number of rotatable bonds is 1. The topological polar surface area (TPSA) is 3.88 Å². The zero-order chi connectivity index (χ0) is 14.2. The highest BCUT2D eigenvalue weighted by Gasteiger charge is 2.16. The molecule has 1 heterocycles. The van der Waals surface area contributed by atoms with E-state index >= 15 is 0 Å². The maximum atomic E-state index is 7.61. The number of aromatic nitrogens is 1. The predicted octanol–water partition coefficient (Wildman–Crippen LogP) is 3.10. The fraction of sp³-hybridized carbons (Fsp3) is 0.267. The van der Waals surface area contributed by atoms with Gasteiger partial charge in [-0.1, -0.05) is 18.2 Å².